The Morgan fingerprint density at radius 2 is 1.77 bits per heavy atom. The third kappa shape index (κ3) is 5.60. The Bertz CT molecular complexity index is 794. The number of benzene rings is 2. The van der Waals surface area contributed by atoms with E-state index in [1.54, 1.807) is 42.5 Å². The molecule has 0 saturated carbocycles. The molecule has 3 N–H and O–H groups in total. The van der Waals surface area contributed by atoms with Gasteiger partial charge in [0.1, 0.15) is 0 Å². The topological polar surface area (TPSA) is 87.3 Å². The van der Waals surface area contributed by atoms with Crippen LogP contribution in [0.5, 0.6) is 0 Å². The highest BCUT2D eigenvalue weighted by Crippen LogP contribution is 2.23. The molecule has 6 nitrogen and oxygen atoms in total. The summed E-state index contributed by atoms with van der Waals surface area (Å²) < 4.78 is 0. The fourth-order valence-corrected chi connectivity index (χ4v) is 2.40. The van der Waals surface area contributed by atoms with Crippen LogP contribution in [0.2, 0.25) is 5.02 Å². The first-order valence-electron chi connectivity index (χ1n) is 8.22. The predicted molar refractivity (Wildman–Crippen MR) is 102 cm³/mol. The van der Waals surface area contributed by atoms with E-state index in [1.165, 1.54) is 0 Å². The van der Waals surface area contributed by atoms with E-state index in [9.17, 15) is 14.4 Å². The summed E-state index contributed by atoms with van der Waals surface area (Å²) in [6, 6.07) is 13.0. The summed E-state index contributed by atoms with van der Waals surface area (Å²) in [5.74, 6) is -0.719. The zero-order valence-corrected chi connectivity index (χ0v) is 15.1. The fourth-order valence-electron chi connectivity index (χ4n) is 2.23. The van der Waals surface area contributed by atoms with Gasteiger partial charge in [0, 0.05) is 28.4 Å². The molecule has 0 radical (unpaired) electrons. The summed E-state index contributed by atoms with van der Waals surface area (Å²) in [5.41, 5.74) is 1.33. The number of carbonyl (C=O) groups excluding carboxylic acids is 3. The molecule has 0 heterocycles. The number of ketones is 1. The van der Waals surface area contributed by atoms with Gasteiger partial charge >= 0.3 is 6.03 Å². The molecule has 0 unspecified atom stereocenters. The van der Waals surface area contributed by atoms with Crippen molar-refractivity contribution in [2.45, 2.75) is 13.3 Å². The maximum absolute atomic E-state index is 12.7. The van der Waals surface area contributed by atoms with Crippen molar-refractivity contribution in [2.75, 3.05) is 18.4 Å². The molecule has 2 aromatic carbocycles. The van der Waals surface area contributed by atoms with Crippen molar-refractivity contribution in [3.63, 3.8) is 0 Å². The molecule has 2 rings (SSSR count). The summed E-state index contributed by atoms with van der Waals surface area (Å²) in [6.45, 7) is 2.24. The van der Waals surface area contributed by atoms with Gasteiger partial charge in [-0.25, -0.2) is 4.79 Å². The number of urea groups is 1. The Morgan fingerprint density at radius 3 is 2.46 bits per heavy atom. The third-order valence-corrected chi connectivity index (χ3v) is 3.73. The highest BCUT2D eigenvalue weighted by molar-refractivity contribution is 6.31. The number of imide groups is 1. The predicted octanol–water partition coefficient (Wildman–Crippen LogP) is 3.22. The first-order chi connectivity index (χ1) is 12.5. The van der Waals surface area contributed by atoms with E-state index in [2.05, 4.69) is 16.0 Å². The van der Waals surface area contributed by atoms with Crippen molar-refractivity contribution in [3.05, 3.63) is 64.7 Å². The fraction of sp³-hybridized carbons (Fsp3) is 0.211. The van der Waals surface area contributed by atoms with Crippen molar-refractivity contribution in [1.29, 1.82) is 0 Å². The molecule has 3 amide bonds. The van der Waals surface area contributed by atoms with Crippen molar-refractivity contribution in [1.82, 2.24) is 10.6 Å². The van der Waals surface area contributed by atoms with Gasteiger partial charge in [-0.3, -0.25) is 14.9 Å². The number of nitrogens with one attached hydrogen (secondary N) is 3. The van der Waals surface area contributed by atoms with Crippen LogP contribution in [0.4, 0.5) is 10.5 Å². The zero-order chi connectivity index (χ0) is 18.9. The van der Waals surface area contributed by atoms with Crippen LogP contribution in [-0.2, 0) is 4.79 Å². The van der Waals surface area contributed by atoms with Crippen molar-refractivity contribution in [3.8, 4) is 0 Å². The lowest BCUT2D eigenvalue weighted by Crippen LogP contribution is -2.42. The third-order valence-electron chi connectivity index (χ3n) is 3.49. The maximum Gasteiger partial charge on any atom is 0.321 e. The van der Waals surface area contributed by atoms with Crippen LogP contribution in [0.15, 0.2) is 48.5 Å². The Kier molecular flexibility index (Phi) is 7.17. The van der Waals surface area contributed by atoms with E-state index in [0.717, 1.165) is 6.42 Å². The first kappa shape index (κ1) is 19.5. The molecule has 0 spiro atoms. The van der Waals surface area contributed by atoms with E-state index >= 15 is 0 Å². The average Bonchev–Trinajstić information content (AvgIpc) is 2.65. The van der Waals surface area contributed by atoms with E-state index in [-0.39, 0.29) is 12.3 Å². The van der Waals surface area contributed by atoms with Crippen molar-refractivity contribution in [2.24, 2.45) is 0 Å². The lowest BCUT2D eigenvalue weighted by atomic mass is 10.0. The number of anilines is 1. The summed E-state index contributed by atoms with van der Waals surface area (Å²) >= 11 is 6.02. The van der Waals surface area contributed by atoms with Gasteiger partial charge < -0.3 is 10.6 Å². The van der Waals surface area contributed by atoms with E-state index in [1.807, 2.05) is 13.0 Å². The lowest BCUT2D eigenvalue weighted by Gasteiger charge is -2.12. The van der Waals surface area contributed by atoms with E-state index in [4.69, 9.17) is 11.6 Å². The van der Waals surface area contributed by atoms with Gasteiger partial charge in [0.05, 0.1) is 6.54 Å². The Balaban J connectivity index is 2.07. The molecule has 0 aliphatic rings. The van der Waals surface area contributed by atoms with Gasteiger partial charge in [0.2, 0.25) is 5.91 Å². The van der Waals surface area contributed by atoms with Gasteiger partial charge in [-0.15, -0.1) is 0 Å². The molecule has 0 aromatic heterocycles. The van der Waals surface area contributed by atoms with Crippen molar-refractivity contribution >= 4 is 35.0 Å². The average molecular weight is 374 g/mol. The molecule has 0 fully saturated rings. The minimum Gasteiger partial charge on any atom is -0.376 e. The summed E-state index contributed by atoms with van der Waals surface area (Å²) in [6.07, 6.45) is 0.773. The summed E-state index contributed by atoms with van der Waals surface area (Å²) in [5, 5.41) is 8.06. The molecule has 0 saturated heterocycles. The van der Waals surface area contributed by atoms with Crippen LogP contribution in [-0.4, -0.2) is 30.8 Å². The lowest BCUT2D eigenvalue weighted by molar-refractivity contribution is -0.118. The monoisotopic (exact) mass is 373 g/mol. The second-order valence-corrected chi connectivity index (χ2v) is 5.98. The summed E-state index contributed by atoms with van der Waals surface area (Å²) in [7, 11) is 0. The van der Waals surface area contributed by atoms with Crippen molar-refractivity contribution < 1.29 is 14.4 Å². The van der Waals surface area contributed by atoms with Gasteiger partial charge in [0.15, 0.2) is 5.78 Å². The minimum atomic E-state index is -0.546. The van der Waals surface area contributed by atoms with Crippen LogP contribution >= 0.6 is 11.6 Å². The first-order valence-corrected chi connectivity index (χ1v) is 8.60. The number of hydrogen-bond acceptors (Lipinski definition) is 4. The zero-order valence-electron chi connectivity index (χ0n) is 14.3. The molecule has 0 aliphatic heterocycles. The van der Waals surface area contributed by atoms with Gasteiger partial charge in [0.25, 0.3) is 0 Å². The van der Waals surface area contributed by atoms with Crippen LogP contribution in [0.1, 0.15) is 29.3 Å². The smallest absolute Gasteiger partial charge is 0.321 e. The molecule has 0 bridgehead atoms. The number of rotatable bonds is 7. The normalized spacial score (nSPS) is 10.1. The standard InChI is InChI=1S/C19H20ClN3O3/c1-2-10-21-19(26)23-17(24)12-22-16-9-8-14(20)11-15(16)18(25)13-6-4-3-5-7-13/h3-9,11,22H,2,10,12H2,1H3,(H2,21,23,24,26). The number of halogens is 1. The van der Waals surface area contributed by atoms with Gasteiger partial charge in [-0.05, 0) is 24.6 Å². The number of hydrogen-bond donors (Lipinski definition) is 3. The van der Waals surface area contributed by atoms with Gasteiger partial charge in [-0.1, -0.05) is 48.9 Å². The molecule has 0 aliphatic carbocycles. The largest absolute Gasteiger partial charge is 0.376 e. The second-order valence-electron chi connectivity index (χ2n) is 5.54. The minimum absolute atomic E-state index is 0.157. The number of amides is 3. The Morgan fingerprint density at radius 1 is 1.04 bits per heavy atom. The highest BCUT2D eigenvalue weighted by atomic mass is 35.5. The molecule has 0 atom stereocenters. The maximum atomic E-state index is 12.7. The molecule has 26 heavy (non-hydrogen) atoms. The highest BCUT2D eigenvalue weighted by Gasteiger charge is 2.15. The van der Waals surface area contributed by atoms with E-state index < -0.39 is 11.9 Å². The molecule has 2 aromatic rings. The molecular formula is C19H20ClN3O3. The van der Waals surface area contributed by atoms with Crippen LogP contribution < -0.4 is 16.0 Å². The van der Waals surface area contributed by atoms with Crippen LogP contribution in [0.25, 0.3) is 0 Å². The molecule has 136 valence electrons. The Labute approximate surface area is 156 Å². The SMILES string of the molecule is CCCNC(=O)NC(=O)CNc1ccc(Cl)cc1C(=O)c1ccccc1. The van der Waals surface area contributed by atoms with Crippen LogP contribution in [0.3, 0.4) is 0 Å². The van der Waals surface area contributed by atoms with E-state index in [0.29, 0.717) is 28.4 Å². The van der Waals surface area contributed by atoms with Gasteiger partial charge in [-0.2, -0.15) is 0 Å². The number of carbonyl (C=O) groups is 3. The molecule has 7 heteroatoms. The quantitative estimate of drug-likeness (QED) is 0.650. The Hall–Kier alpha value is -2.86. The molecular weight excluding hydrogens is 354 g/mol. The second kappa shape index (κ2) is 9.58. The van der Waals surface area contributed by atoms with Crippen LogP contribution in [0, 0.1) is 0 Å². The summed E-state index contributed by atoms with van der Waals surface area (Å²) in [4.78, 5) is 36.0.